The number of ketones is 1. The van der Waals surface area contributed by atoms with Crippen LogP contribution in [-0.4, -0.2) is 49.3 Å². The number of carbonyl (C=O) groups excluding carboxylic acids is 1. The van der Waals surface area contributed by atoms with Crippen molar-refractivity contribution >= 4 is 15.8 Å². The molecule has 1 aromatic heterocycles. The van der Waals surface area contributed by atoms with Crippen LogP contribution in [-0.2, 0) is 19.6 Å². The second kappa shape index (κ2) is 5.43. The van der Waals surface area contributed by atoms with E-state index in [-0.39, 0.29) is 36.3 Å². The van der Waals surface area contributed by atoms with E-state index in [2.05, 4.69) is 4.98 Å². The first-order chi connectivity index (χ1) is 9.98. The number of hydrogen-bond acceptors (Lipinski definition) is 5. The molecule has 2 aliphatic rings. The Morgan fingerprint density at radius 3 is 2.81 bits per heavy atom. The van der Waals surface area contributed by atoms with Crippen molar-refractivity contribution in [3.05, 3.63) is 24.3 Å². The van der Waals surface area contributed by atoms with Gasteiger partial charge < -0.3 is 4.74 Å². The number of Topliss-reactive ketones (excluding diaryl/α,β-unsaturated/α-hetero) is 1. The van der Waals surface area contributed by atoms with Gasteiger partial charge >= 0.3 is 0 Å². The number of ether oxygens (including phenoxy) is 1. The molecule has 3 rings (SSSR count). The zero-order chi connectivity index (χ0) is 15.0. The molecule has 2 heterocycles. The third kappa shape index (κ3) is 2.97. The number of morpholine rings is 1. The fraction of sp³-hybridized carbons (Fsp3) is 0.538. The van der Waals surface area contributed by atoms with E-state index in [0.29, 0.717) is 0 Å². The van der Waals surface area contributed by atoms with E-state index in [0.717, 1.165) is 35.6 Å². The van der Waals surface area contributed by atoms with Crippen molar-refractivity contribution < 1.29 is 22.3 Å². The molecule has 1 aliphatic heterocycles. The first kappa shape index (κ1) is 14.6. The second-order valence-corrected chi connectivity index (χ2v) is 7.18. The van der Waals surface area contributed by atoms with Crippen LogP contribution in [0.1, 0.15) is 12.8 Å². The fourth-order valence-electron chi connectivity index (χ4n) is 2.33. The maximum absolute atomic E-state index is 13.2. The summed E-state index contributed by atoms with van der Waals surface area (Å²) in [4.78, 5) is 15.4. The minimum Gasteiger partial charge on any atom is -0.368 e. The summed E-state index contributed by atoms with van der Waals surface area (Å²) >= 11 is 0. The molecule has 6 nitrogen and oxygen atoms in total. The molecule has 0 amide bonds. The number of hydrogen-bond donors (Lipinski definition) is 0. The summed E-state index contributed by atoms with van der Waals surface area (Å²) in [5, 5.41) is 0. The van der Waals surface area contributed by atoms with Crippen molar-refractivity contribution in [3.63, 3.8) is 0 Å². The van der Waals surface area contributed by atoms with Gasteiger partial charge in [0.25, 0.3) is 0 Å². The largest absolute Gasteiger partial charge is 0.368 e. The molecule has 1 saturated heterocycles. The Kier molecular flexibility index (Phi) is 3.76. The number of rotatable bonds is 4. The number of pyridine rings is 1. The van der Waals surface area contributed by atoms with Crippen molar-refractivity contribution in [3.8, 4) is 0 Å². The van der Waals surface area contributed by atoms with E-state index in [1.165, 1.54) is 0 Å². The Labute approximate surface area is 122 Å². The molecular weight excluding hydrogens is 299 g/mol. The summed E-state index contributed by atoms with van der Waals surface area (Å²) in [6.45, 7) is 0.284. The third-order valence-electron chi connectivity index (χ3n) is 3.64. The number of sulfonamides is 1. The SMILES string of the molecule is O=C(C1CC1)C1CN(S(=O)(=O)c2cncc(F)c2)CCO1. The lowest BCUT2D eigenvalue weighted by molar-refractivity contribution is -0.135. The van der Waals surface area contributed by atoms with Crippen LogP contribution in [0.4, 0.5) is 4.39 Å². The summed E-state index contributed by atoms with van der Waals surface area (Å²) in [7, 11) is -3.86. The van der Waals surface area contributed by atoms with Gasteiger partial charge in [-0.15, -0.1) is 0 Å². The average Bonchev–Trinajstić information content (AvgIpc) is 3.31. The van der Waals surface area contributed by atoms with Gasteiger partial charge in [0.15, 0.2) is 5.78 Å². The van der Waals surface area contributed by atoms with Crippen molar-refractivity contribution in [1.82, 2.24) is 9.29 Å². The maximum Gasteiger partial charge on any atom is 0.244 e. The Bertz CT molecular complexity index is 660. The van der Waals surface area contributed by atoms with Gasteiger partial charge in [0.1, 0.15) is 16.8 Å². The lowest BCUT2D eigenvalue weighted by Crippen LogP contribution is -2.48. The molecular formula is C13H15FN2O4S. The van der Waals surface area contributed by atoms with Crippen LogP contribution >= 0.6 is 0 Å². The molecule has 0 radical (unpaired) electrons. The van der Waals surface area contributed by atoms with Crippen LogP contribution < -0.4 is 0 Å². The molecule has 0 spiro atoms. The third-order valence-corrected chi connectivity index (χ3v) is 5.47. The van der Waals surface area contributed by atoms with Gasteiger partial charge in [-0.3, -0.25) is 9.78 Å². The lowest BCUT2D eigenvalue weighted by atomic mass is 10.1. The van der Waals surface area contributed by atoms with Crippen LogP contribution in [0.3, 0.4) is 0 Å². The van der Waals surface area contributed by atoms with E-state index in [1.807, 2.05) is 0 Å². The van der Waals surface area contributed by atoms with Gasteiger partial charge in [0.2, 0.25) is 10.0 Å². The van der Waals surface area contributed by atoms with Crippen LogP contribution in [0.2, 0.25) is 0 Å². The summed E-state index contributed by atoms with van der Waals surface area (Å²) in [6, 6.07) is 0.926. The maximum atomic E-state index is 13.2. The number of carbonyl (C=O) groups is 1. The van der Waals surface area contributed by atoms with Crippen LogP contribution in [0.25, 0.3) is 0 Å². The predicted molar refractivity (Wildman–Crippen MR) is 70.4 cm³/mol. The number of aromatic nitrogens is 1. The van der Waals surface area contributed by atoms with Crippen LogP contribution in [0.15, 0.2) is 23.4 Å². The van der Waals surface area contributed by atoms with Crippen molar-refractivity contribution in [2.45, 2.75) is 23.8 Å². The molecule has 2 fully saturated rings. The number of nitrogens with zero attached hydrogens (tertiary/aromatic N) is 2. The smallest absolute Gasteiger partial charge is 0.244 e. The Hall–Kier alpha value is -1.38. The molecule has 1 atom stereocenters. The highest BCUT2D eigenvalue weighted by molar-refractivity contribution is 7.89. The highest BCUT2D eigenvalue weighted by atomic mass is 32.2. The quantitative estimate of drug-likeness (QED) is 0.813. The van der Waals surface area contributed by atoms with E-state index in [9.17, 15) is 17.6 Å². The molecule has 1 unspecified atom stereocenters. The summed E-state index contributed by atoms with van der Waals surface area (Å²) in [5.74, 6) is -0.740. The zero-order valence-electron chi connectivity index (χ0n) is 11.2. The number of halogens is 1. The van der Waals surface area contributed by atoms with Crippen molar-refractivity contribution in [2.24, 2.45) is 5.92 Å². The monoisotopic (exact) mass is 314 g/mol. The average molecular weight is 314 g/mol. The van der Waals surface area contributed by atoms with E-state index < -0.39 is 21.9 Å². The van der Waals surface area contributed by atoms with E-state index >= 15 is 0 Å². The lowest BCUT2D eigenvalue weighted by Gasteiger charge is -2.31. The minimum absolute atomic E-state index is 0.00786. The normalized spacial score (nSPS) is 24.0. The van der Waals surface area contributed by atoms with E-state index in [4.69, 9.17) is 4.74 Å². The fourth-order valence-corrected chi connectivity index (χ4v) is 3.73. The molecule has 0 bridgehead atoms. The topological polar surface area (TPSA) is 76.6 Å². The minimum atomic E-state index is -3.86. The Morgan fingerprint density at radius 2 is 2.14 bits per heavy atom. The van der Waals surface area contributed by atoms with Gasteiger partial charge in [0.05, 0.1) is 12.8 Å². The standard InChI is InChI=1S/C13H15FN2O4S/c14-10-5-11(7-15-6-10)21(18,19)16-3-4-20-12(8-16)13(17)9-1-2-9/h5-7,9,12H,1-4,8H2. The Morgan fingerprint density at radius 1 is 1.38 bits per heavy atom. The van der Waals surface area contributed by atoms with Crippen LogP contribution in [0, 0.1) is 11.7 Å². The molecule has 21 heavy (non-hydrogen) atoms. The zero-order valence-corrected chi connectivity index (χ0v) is 12.1. The first-order valence-electron chi connectivity index (χ1n) is 6.74. The van der Waals surface area contributed by atoms with Crippen molar-refractivity contribution in [2.75, 3.05) is 19.7 Å². The molecule has 1 aliphatic carbocycles. The highest BCUT2D eigenvalue weighted by Gasteiger charge is 2.40. The molecule has 114 valence electrons. The molecule has 1 aromatic rings. The first-order valence-corrected chi connectivity index (χ1v) is 8.18. The predicted octanol–water partition coefficient (Wildman–Crippen LogP) is 0.589. The molecule has 8 heteroatoms. The second-order valence-electron chi connectivity index (χ2n) is 5.24. The molecule has 1 saturated carbocycles. The van der Waals surface area contributed by atoms with Gasteiger partial charge in [-0.1, -0.05) is 0 Å². The van der Waals surface area contributed by atoms with Crippen LogP contribution in [0.5, 0.6) is 0 Å². The van der Waals surface area contributed by atoms with Gasteiger partial charge in [-0.25, -0.2) is 12.8 Å². The molecule has 0 aromatic carbocycles. The van der Waals surface area contributed by atoms with Gasteiger partial charge in [0, 0.05) is 25.2 Å². The highest BCUT2D eigenvalue weighted by Crippen LogP contribution is 2.32. The molecule has 0 N–H and O–H groups in total. The summed E-state index contributed by atoms with van der Waals surface area (Å²) < 4.78 is 44.6. The van der Waals surface area contributed by atoms with E-state index in [1.54, 1.807) is 0 Å². The van der Waals surface area contributed by atoms with Gasteiger partial charge in [-0.05, 0) is 18.9 Å². The van der Waals surface area contributed by atoms with Gasteiger partial charge in [-0.2, -0.15) is 4.31 Å². The van der Waals surface area contributed by atoms with Crippen molar-refractivity contribution in [1.29, 1.82) is 0 Å². The summed E-state index contributed by atoms with van der Waals surface area (Å²) in [6.07, 6.45) is 3.02. The summed E-state index contributed by atoms with van der Waals surface area (Å²) in [5.41, 5.74) is 0. The Balaban J connectivity index is 1.80.